The highest BCUT2D eigenvalue weighted by Gasteiger charge is 2.74. The molecule has 7 rings (SSSR count). The lowest BCUT2D eigenvalue weighted by molar-refractivity contribution is -0.127. The van der Waals surface area contributed by atoms with E-state index in [9.17, 15) is 19.2 Å². The van der Waals surface area contributed by atoms with E-state index < -0.39 is 46.9 Å². The van der Waals surface area contributed by atoms with Crippen molar-refractivity contribution in [1.82, 2.24) is 0 Å². The van der Waals surface area contributed by atoms with Gasteiger partial charge in [-0.15, -0.1) is 0 Å². The predicted octanol–water partition coefficient (Wildman–Crippen LogP) is 5.70. The number of ether oxygens (including phenoxy) is 1. The van der Waals surface area contributed by atoms with E-state index in [0.717, 1.165) is 16.0 Å². The van der Waals surface area contributed by atoms with Gasteiger partial charge in [0.1, 0.15) is 0 Å². The number of carbonyl (C=O) groups excluding carboxylic acids is 4. The summed E-state index contributed by atoms with van der Waals surface area (Å²) >= 11 is 6.09. The summed E-state index contributed by atoms with van der Waals surface area (Å²) in [5.41, 5.74) is 1.14. The Balaban J connectivity index is 1.34. The molecule has 2 saturated heterocycles. The van der Waals surface area contributed by atoms with E-state index in [1.165, 1.54) is 0 Å². The number of hydrogen-bond donors (Lipinski definition) is 0. The van der Waals surface area contributed by atoms with Crippen molar-refractivity contribution in [2.24, 2.45) is 11.8 Å². The molecule has 0 radical (unpaired) electrons. The number of imide groups is 1. The van der Waals surface area contributed by atoms with Gasteiger partial charge in [-0.05, 0) is 41.0 Å². The molecule has 7 heteroatoms. The highest BCUT2D eigenvalue weighted by atomic mass is 35.5. The Morgan fingerprint density at radius 3 is 1.82 bits per heavy atom. The highest BCUT2D eigenvalue weighted by molar-refractivity contribution is 6.37. The molecule has 0 aromatic heterocycles. The van der Waals surface area contributed by atoms with Crippen molar-refractivity contribution in [1.29, 1.82) is 0 Å². The lowest BCUT2D eigenvalue weighted by Crippen LogP contribution is -2.51. The molecule has 2 amide bonds. The molecule has 4 aromatic carbocycles. The van der Waals surface area contributed by atoms with Gasteiger partial charge >= 0.3 is 0 Å². The van der Waals surface area contributed by atoms with Crippen LogP contribution in [0.3, 0.4) is 0 Å². The van der Waals surface area contributed by atoms with E-state index in [4.69, 9.17) is 16.3 Å². The fourth-order valence-electron chi connectivity index (χ4n) is 6.16. The van der Waals surface area contributed by atoms with Gasteiger partial charge in [0.2, 0.25) is 29.0 Å². The largest absolute Gasteiger partial charge is 0.349 e. The first kappa shape index (κ1) is 23.7. The zero-order valence-corrected chi connectivity index (χ0v) is 21.2. The number of rotatable bonds is 3. The van der Waals surface area contributed by atoms with Gasteiger partial charge < -0.3 is 4.74 Å². The van der Waals surface area contributed by atoms with E-state index in [-0.39, 0.29) is 11.1 Å². The minimum atomic E-state index is -2.11. The fraction of sp³-hybridized carbons (Fsp3) is 0.125. The summed E-state index contributed by atoms with van der Waals surface area (Å²) < 4.78 is 6.30. The smallest absolute Gasteiger partial charge is 0.241 e. The second-order valence-electron chi connectivity index (χ2n) is 9.96. The van der Waals surface area contributed by atoms with Gasteiger partial charge in [0, 0.05) is 16.1 Å². The molecule has 4 aromatic rings. The topological polar surface area (TPSA) is 80.8 Å². The molecule has 3 atom stereocenters. The zero-order chi connectivity index (χ0) is 26.9. The maximum absolute atomic E-state index is 14.1. The van der Waals surface area contributed by atoms with Crippen molar-refractivity contribution in [2.75, 3.05) is 4.90 Å². The maximum atomic E-state index is 14.1. The summed E-state index contributed by atoms with van der Waals surface area (Å²) in [5, 5.41) is 0.484. The SMILES string of the molecule is O=C1[C@@H]2[C@H](c3ccc(Cl)cc3)OC3(C(=O)c4ccccc4C3=O)[C@H]2C(=O)N1c1ccc(-c2ccccc2)cc1. The number of nitrogens with zero attached hydrogens (tertiary/aromatic N) is 1. The summed E-state index contributed by atoms with van der Waals surface area (Å²) in [7, 11) is 0. The molecule has 6 nitrogen and oxygen atoms in total. The Morgan fingerprint density at radius 1 is 0.641 bits per heavy atom. The minimum absolute atomic E-state index is 0.198. The average Bonchev–Trinajstić information content (AvgIpc) is 3.54. The molecule has 0 saturated carbocycles. The summed E-state index contributed by atoms with van der Waals surface area (Å²) in [6.07, 6.45) is -0.987. The van der Waals surface area contributed by atoms with Crippen LogP contribution in [0.25, 0.3) is 11.1 Å². The number of anilines is 1. The van der Waals surface area contributed by atoms with Gasteiger partial charge in [-0.3, -0.25) is 19.2 Å². The first-order valence-corrected chi connectivity index (χ1v) is 12.9. The number of hydrogen-bond acceptors (Lipinski definition) is 5. The van der Waals surface area contributed by atoms with Crippen molar-refractivity contribution in [2.45, 2.75) is 11.7 Å². The number of ketones is 2. The van der Waals surface area contributed by atoms with Crippen LogP contribution in [0.15, 0.2) is 103 Å². The third-order valence-electron chi connectivity index (χ3n) is 7.95. The Hall–Kier alpha value is -4.39. The fourth-order valence-corrected chi connectivity index (χ4v) is 6.28. The molecule has 1 spiro atoms. The van der Waals surface area contributed by atoms with Crippen LogP contribution in [-0.2, 0) is 14.3 Å². The number of halogens is 1. The van der Waals surface area contributed by atoms with E-state index in [1.54, 1.807) is 60.7 Å². The normalized spacial score (nSPS) is 23.0. The first-order valence-electron chi connectivity index (χ1n) is 12.6. The van der Waals surface area contributed by atoms with Gasteiger partial charge in [-0.2, -0.15) is 0 Å². The second kappa shape index (κ2) is 8.56. The van der Waals surface area contributed by atoms with Gasteiger partial charge in [0.05, 0.1) is 23.6 Å². The molecule has 190 valence electrons. The molecule has 1 aliphatic carbocycles. The molecule has 39 heavy (non-hydrogen) atoms. The van der Waals surface area contributed by atoms with Gasteiger partial charge in [-0.25, -0.2) is 4.90 Å². The lowest BCUT2D eigenvalue weighted by Gasteiger charge is -2.27. The van der Waals surface area contributed by atoms with Gasteiger partial charge in [0.25, 0.3) is 0 Å². The molecular formula is C32H20ClNO5. The van der Waals surface area contributed by atoms with E-state index in [0.29, 0.717) is 16.3 Å². The number of fused-ring (bicyclic) bond motifs is 3. The van der Waals surface area contributed by atoms with Gasteiger partial charge in [-0.1, -0.05) is 90.5 Å². The Labute approximate surface area is 228 Å². The zero-order valence-electron chi connectivity index (χ0n) is 20.4. The van der Waals surface area contributed by atoms with Crippen LogP contribution in [-0.4, -0.2) is 29.0 Å². The molecular weight excluding hydrogens is 514 g/mol. The molecule has 3 aliphatic rings. The Morgan fingerprint density at radius 2 is 1.21 bits per heavy atom. The third kappa shape index (κ3) is 3.25. The number of benzene rings is 4. The van der Waals surface area contributed by atoms with Crippen molar-refractivity contribution >= 4 is 40.7 Å². The third-order valence-corrected chi connectivity index (χ3v) is 8.20. The molecule has 0 N–H and O–H groups in total. The second-order valence-corrected chi connectivity index (χ2v) is 10.4. The maximum Gasteiger partial charge on any atom is 0.241 e. The summed E-state index contributed by atoms with van der Waals surface area (Å²) in [6, 6.07) is 29.9. The molecule has 2 heterocycles. The van der Waals surface area contributed by atoms with Crippen molar-refractivity contribution < 1.29 is 23.9 Å². The van der Waals surface area contributed by atoms with Gasteiger partial charge in [0.15, 0.2) is 0 Å². The lowest BCUT2D eigenvalue weighted by atomic mass is 9.77. The van der Waals surface area contributed by atoms with Crippen LogP contribution in [0.1, 0.15) is 32.4 Å². The average molecular weight is 534 g/mol. The van der Waals surface area contributed by atoms with Crippen LogP contribution in [0.4, 0.5) is 5.69 Å². The standard InChI is InChI=1S/C32H20ClNO5/c33-21-14-10-20(11-15-21)27-25-26(32(39-27)28(35)23-8-4-5-9-24(23)29(32)36)31(38)34(30(25)37)22-16-12-19(13-17-22)18-6-2-1-3-7-18/h1-17,25-27H/t25-,26+,27-/m0/s1. The number of Topliss-reactive ketones (excluding diaryl/α,β-unsaturated/α-hetero) is 2. The van der Waals surface area contributed by atoms with Crippen molar-refractivity contribution in [3.05, 3.63) is 125 Å². The summed E-state index contributed by atoms with van der Waals surface area (Å²) in [4.78, 5) is 56.9. The van der Waals surface area contributed by atoms with Crippen LogP contribution < -0.4 is 4.90 Å². The van der Waals surface area contributed by atoms with Crippen LogP contribution in [0, 0.1) is 11.8 Å². The highest BCUT2D eigenvalue weighted by Crippen LogP contribution is 2.57. The minimum Gasteiger partial charge on any atom is -0.349 e. The molecule has 2 fully saturated rings. The van der Waals surface area contributed by atoms with Crippen LogP contribution >= 0.6 is 11.6 Å². The Bertz CT molecular complexity index is 1650. The van der Waals surface area contributed by atoms with Crippen molar-refractivity contribution in [3.8, 4) is 11.1 Å². The van der Waals surface area contributed by atoms with Crippen molar-refractivity contribution in [3.63, 3.8) is 0 Å². The number of amides is 2. The molecule has 2 aliphatic heterocycles. The molecule has 0 bridgehead atoms. The predicted molar refractivity (Wildman–Crippen MR) is 144 cm³/mol. The summed E-state index contributed by atoms with van der Waals surface area (Å²) in [5.74, 6) is -4.66. The number of carbonyl (C=O) groups is 4. The van der Waals surface area contributed by atoms with E-state index in [1.807, 2.05) is 42.5 Å². The first-order chi connectivity index (χ1) is 18.9. The summed E-state index contributed by atoms with van der Waals surface area (Å²) in [6.45, 7) is 0. The Kier molecular flexibility index (Phi) is 5.20. The molecule has 0 unspecified atom stereocenters. The van der Waals surface area contributed by atoms with E-state index in [2.05, 4.69) is 0 Å². The van der Waals surface area contributed by atoms with Crippen LogP contribution in [0.5, 0.6) is 0 Å². The quantitative estimate of drug-likeness (QED) is 0.249. The monoisotopic (exact) mass is 533 g/mol. The van der Waals surface area contributed by atoms with Crippen LogP contribution in [0.2, 0.25) is 5.02 Å². The van der Waals surface area contributed by atoms with E-state index >= 15 is 0 Å².